The van der Waals surface area contributed by atoms with E-state index in [4.69, 9.17) is 5.11 Å². The standard InChI is InChI=1S/C13H10FNO3S/c1-7-6-19-11(13(17)18)10(7)15-12(16)8-4-2-3-5-9(8)14/h2-6H,1H3,(H,15,16)(H,17,18). The van der Waals surface area contributed by atoms with Crippen LogP contribution in [0.15, 0.2) is 29.6 Å². The minimum Gasteiger partial charge on any atom is -0.477 e. The van der Waals surface area contributed by atoms with Crippen molar-refractivity contribution in [3.63, 3.8) is 0 Å². The maximum atomic E-state index is 13.5. The number of hydrogen-bond donors (Lipinski definition) is 2. The molecule has 1 amide bonds. The molecule has 0 radical (unpaired) electrons. The lowest BCUT2D eigenvalue weighted by Crippen LogP contribution is -2.15. The minimum absolute atomic E-state index is 0.0298. The van der Waals surface area contributed by atoms with Crippen LogP contribution in [-0.4, -0.2) is 17.0 Å². The SMILES string of the molecule is Cc1csc(C(=O)O)c1NC(=O)c1ccccc1F. The zero-order valence-corrected chi connectivity index (χ0v) is 10.8. The van der Waals surface area contributed by atoms with Gasteiger partial charge in [0.1, 0.15) is 10.7 Å². The van der Waals surface area contributed by atoms with E-state index in [1.54, 1.807) is 12.3 Å². The van der Waals surface area contributed by atoms with Gasteiger partial charge in [-0.2, -0.15) is 0 Å². The van der Waals surface area contributed by atoms with E-state index in [-0.39, 0.29) is 16.1 Å². The van der Waals surface area contributed by atoms with Gasteiger partial charge in [-0.05, 0) is 30.0 Å². The summed E-state index contributed by atoms with van der Waals surface area (Å²) < 4.78 is 13.5. The molecule has 1 heterocycles. The monoisotopic (exact) mass is 279 g/mol. The Morgan fingerprint density at radius 2 is 2.00 bits per heavy atom. The van der Waals surface area contributed by atoms with Gasteiger partial charge in [0, 0.05) is 0 Å². The van der Waals surface area contributed by atoms with Crippen LogP contribution in [0.25, 0.3) is 0 Å². The molecule has 98 valence electrons. The van der Waals surface area contributed by atoms with Gasteiger partial charge in [-0.3, -0.25) is 4.79 Å². The first kappa shape index (κ1) is 13.2. The zero-order chi connectivity index (χ0) is 14.0. The normalized spacial score (nSPS) is 10.2. The van der Waals surface area contributed by atoms with E-state index in [0.717, 1.165) is 11.3 Å². The molecule has 0 aliphatic heterocycles. The Morgan fingerprint density at radius 3 is 2.63 bits per heavy atom. The van der Waals surface area contributed by atoms with Crippen molar-refractivity contribution < 1.29 is 19.1 Å². The molecular weight excluding hydrogens is 269 g/mol. The predicted octanol–water partition coefficient (Wildman–Crippen LogP) is 3.15. The van der Waals surface area contributed by atoms with Crippen LogP contribution in [0, 0.1) is 12.7 Å². The third-order valence-electron chi connectivity index (χ3n) is 2.53. The first-order valence-electron chi connectivity index (χ1n) is 5.38. The van der Waals surface area contributed by atoms with Gasteiger partial charge < -0.3 is 10.4 Å². The van der Waals surface area contributed by atoms with Crippen molar-refractivity contribution in [3.05, 3.63) is 51.5 Å². The Kier molecular flexibility index (Phi) is 3.62. The van der Waals surface area contributed by atoms with Crippen LogP contribution in [0.5, 0.6) is 0 Å². The van der Waals surface area contributed by atoms with Gasteiger partial charge in [0.25, 0.3) is 5.91 Å². The van der Waals surface area contributed by atoms with Gasteiger partial charge in [-0.15, -0.1) is 11.3 Å². The number of carbonyl (C=O) groups is 2. The molecule has 2 N–H and O–H groups in total. The van der Waals surface area contributed by atoms with Gasteiger partial charge in [-0.1, -0.05) is 12.1 Å². The summed E-state index contributed by atoms with van der Waals surface area (Å²) in [5.74, 6) is -2.44. The highest BCUT2D eigenvalue weighted by Crippen LogP contribution is 2.28. The quantitative estimate of drug-likeness (QED) is 0.907. The molecule has 0 fully saturated rings. The van der Waals surface area contributed by atoms with Crippen LogP contribution in [0.3, 0.4) is 0 Å². The summed E-state index contributed by atoms with van der Waals surface area (Å²) in [4.78, 5) is 23.0. The highest BCUT2D eigenvalue weighted by atomic mass is 32.1. The smallest absolute Gasteiger partial charge is 0.348 e. The summed E-state index contributed by atoms with van der Waals surface area (Å²) in [6, 6.07) is 5.53. The van der Waals surface area contributed by atoms with Gasteiger partial charge in [0.2, 0.25) is 0 Å². The zero-order valence-electron chi connectivity index (χ0n) is 9.94. The molecule has 19 heavy (non-hydrogen) atoms. The number of hydrogen-bond acceptors (Lipinski definition) is 3. The first-order valence-corrected chi connectivity index (χ1v) is 6.26. The lowest BCUT2D eigenvalue weighted by atomic mass is 10.2. The predicted molar refractivity (Wildman–Crippen MR) is 70.4 cm³/mol. The third kappa shape index (κ3) is 2.63. The van der Waals surface area contributed by atoms with E-state index in [2.05, 4.69) is 5.32 Å². The van der Waals surface area contributed by atoms with Crippen LogP contribution >= 0.6 is 11.3 Å². The van der Waals surface area contributed by atoms with E-state index in [0.29, 0.717) is 5.56 Å². The largest absolute Gasteiger partial charge is 0.477 e. The fourth-order valence-corrected chi connectivity index (χ4v) is 2.43. The molecule has 0 bridgehead atoms. The molecule has 6 heteroatoms. The minimum atomic E-state index is -1.12. The Hall–Kier alpha value is -2.21. The number of thiophene rings is 1. The first-order chi connectivity index (χ1) is 9.00. The topological polar surface area (TPSA) is 66.4 Å². The summed E-state index contributed by atoms with van der Waals surface area (Å²) in [6.07, 6.45) is 0. The van der Waals surface area contributed by atoms with E-state index in [1.807, 2.05) is 0 Å². The highest BCUT2D eigenvalue weighted by Gasteiger charge is 2.19. The number of halogens is 1. The van der Waals surface area contributed by atoms with Crippen molar-refractivity contribution in [1.29, 1.82) is 0 Å². The van der Waals surface area contributed by atoms with E-state index in [9.17, 15) is 14.0 Å². The number of rotatable bonds is 3. The molecular formula is C13H10FNO3S. The second-order valence-electron chi connectivity index (χ2n) is 3.86. The number of amides is 1. The van der Waals surface area contributed by atoms with Crippen molar-refractivity contribution in [2.24, 2.45) is 0 Å². The van der Waals surface area contributed by atoms with Crippen molar-refractivity contribution in [3.8, 4) is 0 Å². The van der Waals surface area contributed by atoms with Crippen LogP contribution in [0.4, 0.5) is 10.1 Å². The number of carboxylic acids is 1. The van der Waals surface area contributed by atoms with Crippen LogP contribution in [0.1, 0.15) is 25.6 Å². The maximum absolute atomic E-state index is 13.5. The summed E-state index contributed by atoms with van der Waals surface area (Å²) in [5, 5.41) is 13.1. The van der Waals surface area contributed by atoms with E-state index < -0.39 is 17.7 Å². The molecule has 1 aromatic carbocycles. The molecule has 0 atom stereocenters. The Labute approximate surface area is 112 Å². The molecule has 1 aromatic heterocycles. The Bertz CT molecular complexity index is 651. The van der Waals surface area contributed by atoms with E-state index >= 15 is 0 Å². The van der Waals surface area contributed by atoms with Crippen molar-refractivity contribution >= 4 is 28.9 Å². The number of aromatic carboxylic acids is 1. The molecule has 0 saturated carbocycles. The summed E-state index contributed by atoms with van der Waals surface area (Å²) in [5.41, 5.74) is 0.724. The van der Waals surface area contributed by atoms with Crippen LogP contribution in [-0.2, 0) is 0 Å². The van der Waals surface area contributed by atoms with Gasteiger partial charge >= 0.3 is 5.97 Å². The van der Waals surface area contributed by atoms with Crippen LogP contribution < -0.4 is 5.32 Å². The lowest BCUT2D eigenvalue weighted by molar-refractivity contribution is 0.0703. The fourth-order valence-electron chi connectivity index (χ4n) is 1.58. The number of benzene rings is 1. The van der Waals surface area contributed by atoms with Crippen molar-refractivity contribution in [2.75, 3.05) is 5.32 Å². The molecule has 2 aromatic rings. The average Bonchev–Trinajstić information content (AvgIpc) is 2.71. The summed E-state index contributed by atoms with van der Waals surface area (Å²) in [7, 11) is 0. The molecule has 0 aliphatic rings. The van der Waals surface area contributed by atoms with Gasteiger partial charge in [0.15, 0.2) is 0 Å². The number of carboxylic acid groups (broad SMARTS) is 1. The molecule has 0 saturated heterocycles. The number of aryl methyl sites for hydroxylation is 1. The number of anilines is 1. The maximum Gasteiger partial charge on any atom is 0.348 e. The molecule has 2 rings (SSSR count). The number of carbonyl (C=O) groups excluding carboxylic acids is 1. The van der Waals surface area contributed by atoms with Crippen molar-refractivity contribution in [2.45, 2.75) is 6.92 Å². The second-order valence-corrected chi connectivity index (χ2v) is 4.74. The lowest BCUT2D eigenvalue weighted by Gasteiger charge is -2.07. The third-order valence-corrected chi connectivity index (χ3v) is 3.61. The summed E-state index contributed by atoms with van der Waals surface area (Å²) >= 11 is 1.02. The molecule has 0 spiro atoms. The van der Waals surface area contributed by atoms with Gasteiger partial charge in [-0.25, -0.2) is 9.18 Å². The fraction of sp³-hybridized carbons (Fsp3) is 0.0769. The van der Waals surface area contributed by atoms with Crippen molar-refractivity contribution in [1.82, 2.24) is 0 Å². The highest BCUT2D eigenvalue weighted by molar-refractivity contribution is 7.12. The van der Waals surface area contributed by atoms with Gasteiger partial charge in [0.05, 0.1) is 11.3 Å². The summed E-state index contributed by atoms with van der Waals surface area (Å²) in [6.45, 7) is 1.68. The second kappa shape index (κ2) is 5.19. The van der Waals surface area contributed by atoms with Crippen LogP contribution in [0.2, 0.25) is 0 Å². The molecule has 4 nitrogen and oxygen atoms in total. The van der Waals surface area contributed by atoms with E-state index in [1.165, 1.54) is 24.3 Å². The molecule has 0 unspecified atom stereocenters. The number of nitrogens with one attached hydrogen (secondary N) is 1. The average molecular weight is 279 g/mol. The molecule has 0 aliphatic carbocycles. The Morgan fingerprint density at radius 1 is 1.32 bits per heavy atom. The Balaban J connectivity index is 2.32.